The van der Waals surface area contributed by atoms with Gasteiger partial charge in [-0.2, -0.15) is 0 Å². The van der Waals surface area contributed by atoms with Gasteiger partial charge in [0.1, 0.15) is 11.3 Å². The number of nitrogens with zero attached hydrogens (tertiary/aromatic N) is 2. The SMILES string of the molecule is CC1(C)c2cc(N(c3ccc(-c4ccc5c(c4)c4ccccc4n5-c4ccccc4)cc3)c3ccc4c(c3)C(c3ccccc3)(c3ccccc3)c3ccccc3-4)ccc2-c2c1oc1ccccc21. The van der Waals surface area contributed by atoms with Crippen LogP contribution in [0, 0.1) is 0 Å². The number of rotatable bonds is 7. The first-order valence-electron chi connectivity index (χ1n) is 24.0. The molecule has 0 unspecified atom stereocenters. The first kappa shape index (κ1) is 39.5. The maximum atomic E-state index is 6.68. The number of fused-ring (bicyclic) bond motifs is 11. The van der Waals surface area contributed by atoms with E-state index in [9.17, 15) is 0 Å². The molecule has 0 aliphatic heterocycles. The molecular weight excluding hydrogens is 837 g/mol. The van der Waals surface area contributed by atoms with Crippen molar-refractivity contribution in [1.82, 2.24) is 4.57 Å². The zero-order chi connectivity index (χ0) is 45.8. The molecule has 2 aliphatic carbocycles. The lowest BCUT2D eigenvalue weighted by atomic mass is 9.67. The van der Waals surface area contributed by atoms with Crippen molar-refractivity contribution in [3.8, 4) is 39.1 Å². The van der Waals surface area contributed by atoms with E-state index in [1.54, 1.807) is 0 Å². The van der Waals surface area contributed by atoms with E-state index in [1.807, 2.05) is 0 Å². The van der Waals surface area contributed by atoms with Crippen LogP contribution in [0.1, 0.15) is 47.4 Å². The normalized spacial score (nSPS) is 13.9. The topological polar surface area (TPSA) is 21.3 Å². The fourth-order valence-corrected chi connectivity index (χ4v) is 12.1. The standard InChI is InChI=1S/C66H46N2O/c1-65(2)58-41-49(36-38-54(58)63-55-26-14-17-29-62(55)69-64(63)65)67(48-33-30-43(31-34-48)44-32-39-61-56(40-44)53-25-13-16-28-60(53)68(61)47-22-10-5-11-23-47)50-35-37-52-51-24-12-15-27-57(51)66(59(52)42-50,45-18-6-3-7-19-45)46-20-8-4-9-21-46/h3-42H,1-2H3. The first-order valence-corrected chi connectivity index (χ1v) is 24.0. The van der Waals surface area contributed by atoms with Crippen LogP contribution in [0.4, 0.5) is 17.1 Å². The highest BCUT2D eigenvalue weighted by atomic mass is 16.3. The summed E-state index contributed by atoms with van der Waals surface area (Å²) >= 11 is 0. The van der Waals surface area contributed by atoms with Crippen molar-refractivity contribution < 1.29 is 4.42 Å². The summed E-state index contributed by atoms with van der Waals surface area (Å²) < 4.78 is 9.06. The maximum Gasteiger partial charge on any atom is 0.134 e. The molecule has 12 aromatic rings. The summed E-state index contributed by atoms with van der Waals surface area (Å²) in [6, 6.07) is 89.3. The summed E-state index contributed by atoms with van der Waals surface area (Å²) in [4.78, 5) is 2.46. The van der Waals surface area contributed by atoms with Gasteiger partial charge in [0.25, 0.3) is 0 Å². The molecule has 69 heavy (non-hydrogen) atoms. The molecule has 0 bridgehead atoms. The van der Waals surface area contributed by atoms with Crippen molar-refractivity contribution in [2.24, 2.45) is 0 Å². The lowest BCUT2D eigenvalue weighted by molar-refractivity contribution is 0.465. The lowest BCUT2D eigenvalue weighted by Crippen LogP contribution is -2.28. The third-order valence-electron chi connectivity index (χ3n) is 15.2. The van der Waals surface area contributed by atoms with Gasteiger partial charge in [0.15, 0.2) is 0 Å². The van der Waals surface area contributed by atoms with Crippen molar-refractivity contribution in [2.45, 2.75) is 24.7 Å². The monoisotopic (exact) mass is 882 g/mol. The maximum absolute atomic E-state index is 6.68. The smallest absolute Gasteiger partial charge is 0.134 e. The van der Waals surface area contributed by atoms with Crippen LogP contribution in [0.25, 0.3) is 71.8 Å². The number of benzene rings is 10. The van der Waals surface area contributed by atoms with Crippen LogP contribution >= 0.6 is 0 Å². The molecule has 0 atom stereocenters. The van der Waals surface area contributed by atoms with E-state index in [4.69, 9.17) is 4.42 Å². The quantitative estimate of drug-likeness (QED) is 0.159. The van der Waals surface area contributed by atoms with Gasteiger partial charge in [-0.1, -0.05) is 170 Å². The minimum Gasteiger partial charge on any atom is -0.459 e. The highest BCUT2D eigenvalue weighted by Crippen LogP contribution is 2.58. The van der Waals surface area contributed by atoms with Crippen LogP contribution in [0.3, 0.4) is 0 Å². The fraction of sp³-hybridized carbons (Fsp3) is 0.0606. The Balaban J connectivity index is 0.956. The first-order chi connectivity index (χ1) is 34.0. The van der Waals surface area contributed by atoms with Crippen molar-refractivity contribution in [3.05, 3.63) is 276 Å². The van der Waals surface area contributed by atoms with Crippen molar-refractivity contribution in [2.75, 3.05) is 4.90 Å². The van der Waals surface area contributed by atoms with Crippen LogP contribution in [0.2, 0.25) is 0 Å². The zero-order valence-corrected chi connectivity index (χ0v) is 38.4. The second-order valence-electron chi connectivity index (χ2n) is 19.2. The van der Waals surface area contributed by atoms with E-state index < -0.39 is 5.41 Å². The third kappa shape index (κ3) is 5.68. The lowest BCUT2D eigenvalue weighted by Gasteiger charge is -2.35. The van der Waals surface area contributed by atoms with Crippen LogP contribution in [0.5, 0.6) is 0 Å². The highest BCUT2D eigenvalue weighted by Gasteiger charge is 2.46. The van der Waals surface area contributed by atoms with Gasteiger partial charge >= 0.3 is 0 Å². The van der Waals surface area contributed by atoms with E-state index in [0.717, 1.165) is 34.1 Å². The number of aromatic nitrogens is 1. The summed E-state index contributed by atoms with van der Waals surface area (Å²) in [7, 11) is 0. The number of hydrogen-bond acceptors (Lipinski definition) is 2. The highest BCUT2D eigenvalue weighted by molar-refractivity contribution is 6.10. The Morgan fingerprint density at radius 2 is 0.942 bits per heavy atom. The summed E-state index contributed by atoms with van der Waals surface area (Å²) in [5.74, 6) is 1.03. The Labute approximate surface area is 401 Å². The summed E-state index contributed by atoms with van der Waals surface area (Å²) in [6.45, 7) is 4.61. The van der Waals surface area contributed by atoms with Gasteiger partial charge < -0.3 is 13.9 Å². The van der Waals surface area contributed by atoms with Gasteiger partial charge in [-0.05, 0) is 142 Å². The predicted octanol–water partition coefficient (Wildman–Crippen LogP) is 17.3. The van der Waals surface area contributed by atoms with Crippen LogP contribution < -0.4 is 4.90 Å². The molecular formula is C66H46N2O. The Hall–Kier alpha value is -8.66. The number of anilines is 3. The molecule has 10 aromatic carbocycles. The van der Waals surface area contributed by atoms with E-state index in [1.165, 1.54) is 88.4 Å². The van der Waals surface area contributed by atoms with Gasteiger partial charge in [0, 0.05) is 49.9 Å². The molecule has 0 amide bonds. The second kappa shape index (κ2) is 14.9. The van der Waals surface area contributed by atoms with Crippen LogP contribution in [0.15, 0.2) is 247 Å². The number of furan rings is 1. The average molecular weight is 883 g/mol. The van der Waals surface area contributed by atoms with Crippen molar-refractivity contribution in [3.63, 3.8) is 0 Å². The van der Waals surface area contributed by atoms with Crippen LogP contribution in [-0.4, -0.2) is 4.57 Å². The van der Waals surface area contributed by atoms with Crippen molar-refractivity contribution >= 4 is 49.8 Å². The fourth-order valence-electron chi connectivity index (χ4n) is 12.1. The van der Waals surface area contributed by atoms with Crippen LogP contribution in [-0.2, 0) is 10.8 Å². The molecule has 3 nitrogen and oxygen atoms in total. The molecule has 0 spiro atoms. The molecule has 0 saturated heterocycles. The average Bonchev–Trinajstić information content (AvgIpc) is 4.11. The molecule has 0 N–H and O–H groups in total. The molecule has 3 heteroatoms. The van der Waals surface area contributed by atoms with E-state index in [-0.39, 0.29) is 5.41 Å². The number of para-hydroxylation sites is 3. The number of hydrogen-bond donors (Lipinski definition) is 0. The summed E-state index contributed by atoms with van der Waals surface area (Å²) in [5, 5.41) is 3.65. The molecule has 326 valence electrons. The van der Waals surface area contributed by atoms with E-state index in [0.29, 0.717) is 0 Å². The summed E-state index contributed by atoms with van der Waals surface area (Å²) in [6.07, 6.45) is 0. The second-order valence-corrected chi connectivity index (χ2v) is 19.2. The van der Waals surface area contributed by atoms with E-state index in [2.05, 4.69) is 266 Å². The summed E-state index contributed by atoms with van der Waals surface area (Å²) in [5.41, 5.74) is 20.6. The Bertz CT molecular complexity index is 3930. The van der Waals surface area contributed by atoms with Crippen molar-refractivity contribution in [1.29, 1.82) is 0 Å². The minimum absolute atomic E-state index is 0.340. The molecule has 0 fully saturated rings. The molecule has 2 aromatic heterocycles. The minimum atomic E-state index is -0.530. The van der Waals surface area contributed by atoms with Gasteiger partial charge in [-0.3, -0.25) is 0 Å². The predicted molar refractivity (Wildman–Crippen MR) is 286 cm³/mol. The Morgan fingerprint density at radius 3 is 1.68 bits per heavy atom. The Kier molecular flexibility index (Phi) is 8.54. The molecule has 2 aliphatic rings. The van der Waals surface area contributed by atoms with Gasteiger partial charge in [0.2, 0.25) is 0 Å². The van der Waals surface area contributed by atoms with E-state index >= 15 is 0 Å². The van der Waals surface area contributed by atoms with Gasteiger partial charge in [-0.15, -0.1) is 0 Å². The molecule has 2 heterocycles. The Morgan fingerprint density at radius 1 is 0.391 bits per heavy atom. The zero-order valence-electron chi connectivity index (χ0n) is 38.4. The molecule has 0 radical (unpaired) electrons. The largest absolute Gasteiger partial charge is 0.459 e. The molecule has 0 saturated carbocycles. The van der Waals surface area contributed by atoms with Gasteiger partial charge in [-0.25, -0.2) is 0 Å². The third-order valence-corrected chi connectivity index (χ3v) is 15.2. The molecule has 14 rings (SSSR count). The van der Waals surface area contributed by atoms with Gasteiger partial charge in [0.05, 0.1) is 16.4 Å².